The van der Waals surface area contributed by atoms with Crippen molar-refractivity contribution < 1.29 is 19.1 Å². The SMILES string of the molecule is CC(C)C(=O)Nc1ccc(C(=O)CSc2nnc(-c3ccc4c(c3)OCO4)n2-c2ccccc2)cc1. The molecule has 1 aliphatic rings. The van der Waals surface area contributed by atoms with E-state index in [1.165, 1.54) is 11.8 Å². The summed E-state index contributed by atoms with van der Waals surface area (Å²) in [7, 11) is 0. The van der Waals surface area contributed by atoms with Crippen LogP contribution in [0.15, 0.2) is 78.0 Å². The van der Waals surface area contributed by atoms with Gasteiger partial charge in [0.15, 0.2) is 28.3 Å². The molecule has 36 heavy (non-hydrogen) atoms. The molecule has 3 aromatic carbocycles. The van der Waals surface area contributed by atoms with Crippen LogP contribution >= 0.6 is 11.8 Å². The zero-order valence-corrected chi connectivity index (χ0v) is 20.6. The Hall–Kier alpha value is -4.11. The van der Waals surface area contributed by atoms with Crippen LogP contribution in [0.3, 0.4) is 0 Å². The summed E-state index contributed by atoms with van der Waals surface area (Å²) in [6.45, 7) is 3.85. The molecule has 0 saturated carbocycles. The number of carbonyl (C=O) groups is 2. The van der Waals surface area contributed by atoms with Gasteiger partial charge >= 0.3 is 0 Å². The first-order valence-electron chi connectivity index (χ1n) is 11.5. The average Bonchev–Trinajstić information content (AvgIpc) is 3.54. The fourth-order valence-corrected chi connectivity index (χ4v) is 4.48. The van der Waals surface area contributed by atoms with E-state index in [1.807, 2.05) is 66.9 Å². The van der Waals surface area contributed by atoms with E-state index in [-0.39, 0.29) is 30.2 Å². The third kappa shape index (κ3) is 4.96. The van der Waals surface area contributed by atoms with Crippen LogP contribution in [0.2, 0.25) is 0 Å². The van der Waals surface area contributed by atoms with Gasteiger partial charge in [-0.2, -0.15) is 0 Å². The molecule has 5 rings (SSSR count). The summed E-state index contributed by atoms with van der Waals surface area (Å²) in [5.74, 6) is 1.94. The molecule has 1 amide bonds. The molecule has 1 N–H and O–H groups in total. The number of nitrogens with one attached hydrogen (secondary N) is 1. The lowest BCUT2D eigenvalue weighted by molar-refractivity contribution is -0.118. The Morgan fingerprint density at radius 2 is 1.72 bits per heavy atom. The highest BCUT2D eigenvalue weighted by molar-refractivity contribution is 7.99. The molecule has 0 bridgehead atoms. The summed E-state index contributed by atoms with van der Waals surface area (Å²) in [6, 6.07) is 22.3. The van der Waals surface area contributed by atoms with Crippen molar-refractivity contribution in [3.63, 3.8) is 0 Å². The van der Waals surface area contributed by atoms with E-state index in [4.69, 9.17) is 9.47 Å². The van der Waals surface area contributed by atoms with Crippen LogP contribution in [0, 0.1) is 5.92 Å². The Morgan fingerprint density at radius 1 is 0.972 bits per heavy atom. The number of rotatable bonds is 8. The molecule has 0 spiro atoms. The number of nitrogens with zero attached hydrogens (tertiary/aromatic N) is 3. The summed E-state index contributed by atoms with van der Waals surface area (Å²) in [5, 5.41) is 12.3. The van der Waals surface area contributed by atoms with Crippen LogP contribution in [-0.2, 0) is 4.79 Å². The number of anilines is 1. The maximum absolute atomic E-state index is 12.9. The fraction of sp³-hybridized carbons (Fsp3) is 0.185. The second-order valence-electron chi connectivity index (χ2n) is 8.48. The number of carbonyl (C=O) groups excluding carboxylic acids is 2. The molecule has 1 aromatic heterocycles. The Labute approximate surface area is 212 Å². The number of ketones is 1. The van der Waals surface area contributed by atoms with Crippen LogP contribution in [0.1, 0.15) is 24.2 Å². The zero-order valence-electron chi connectivity index (χ0n) is 19.8. The van der Waals surface area contributed by atoms with E-state index in [0.717, 1.165) is 11.3 Å². The topological polar surface area (TPSA) is 95.3 Å². The Bertz CT molecular complexity index is 1400. The first kappa shape index (κ1) is 23.6. The van der Waals surface area contributed by atoms with Gasteiger partial charge in [-0.15, -0.1) is 10.2 Å². The molecule has 0 radical (unpaired) electrons. The molecule has 0 aliphatic carbocycles. The normalized spacial score (nSPS) is 12.1. The van der Waals surface area contributed by atoms with E-state index >= 15 is 0 Å². The van der Waals surface area contributed by atoms with Crippen LogP contribution in [-0.4, -0.2) is 39.0 Å². The monoisotopic (exact) mass is 500 g/mol. The number of hydrogen-bond acceptors (Lipinski definition) is 7. The molecule has 182 valence electrons. The van der Waals surface area contributed by atoms with Gasteiger partial charge in [-0.3, -0.25) is 14.2 Å². The minimum Gasteiger partial charge on any atom is -0.454 e. The van der Waals surface area contributed by atoms with Crippen molar-refractivity contribution in [1.82, 2.24) is 14.8 Å². The van der Waals surface area contributed by atoms with Gasteiger partial charge in [0, 0.05) is 28.4 Å². The smallest absolute Gasteiger partial charge is 0.231 e. The van der Waals surface area contributed by atoms with Gasteiger partial charge in [-0.25, -0.2) is 0 Å². The lowest BCUT2D eigenvalue weighted by Gasteiger charge is -2.11. The summed E-state index contributed by atoms with van der Waals surface area (Å²) < 4.78 is 12.9. The standard InChI is InChI=1S/C27H24N4O4S/c1-17(2)26(33)28-20-11-8-18(9-12-20)22(32)15-36-27-30-29-25(31(27)21-6-4-3-5-7-21)19-10-13-23-24(14-19)35-16-34-23/h3-14,17H,15-16H2,1-2H3,(H,28,33). The van der Waals surface area contributed by atoms with Gasteiger partial charge in [0.25, 0.3) is 0 Å². The fourth-order valence-electron chi connectivity index (χ4n) is 3.64. The summed E-state index contributed by atoms with van der Waals surface area (Å²) in [6.07, 6.45) is 0. The first-order valence-corrected chi connectivity index (χ1v) is 12.5. The van der Waals surface area contributed by atoms with E-state index < -0.39 is 0 Å². The maximum Gasteiger partial charge on any atom is 0.231 e. The van der Waals surface area contributed by atoms with Crippen LogP contribution in [0.4, 0.5) is 5.69 Å². The average molecular weight is 501 g/mol. The van der Waals surface area contributed by atoms with Gasteiger partial charge in [-0.1, -0.05) is 43.8 Å². The van der Waals surface area contributed by atoms with Crippen molar-refractivity contribution in [2.24, 2.45) is 5.92 Å². The molecular formula is C27H24N4O4S. The number of para-hydroxylation sites is 1. The van der Waals surface area contributed by atoms with E-state index in [2.05, 4.69) is 15.5 Å². The highest BCUT2D eigenvalue weighted by atomic mass is 32.2. The molecule has 1 aliphatic heterocycles. The van der Waals surface area contributed by atoms with E-state index in [9.17, 15) is 9.59 Å². The molecule has 8 nitrogen and oxygen atoms in total. The third-order valence-electron chi connectivity index (χ3n) is 5.61. The van der Waals surface area contributed by atoms with Crippen molar-refractivity contribution in [2.75, 3.05) is 17.9 Å². The minimum absolute atomic E-state index is 0.0472. The van der Waals surface area contributed by atoms with Crippen molar-refractivity contribution in [3.05, 3.63) is 78.4 Å². The number of aromatic nitrogens is 3. The quantitative estimate of drug-likeness (QED) is 0.261. The second-order valence-corrected chi connectivity index (χ2v) is 9.42. The highest BCUT2D eigenvalue weighted by Gasteiger charge is 2.21. The van der Waals surface area contributed by atoms with Crippen LogP contribution in [0.5, 0.6) is 11.5 Å². The molecule has 0 fully saturated rings. The Kier molecular flexibility index (Phi) is 6.73. The zero-order chi connectivity index (χ0) is 25.1. The number of ether oxygens (including phenoxy) is 2. The molecular weight excluding hydrogens is 476 g/mol. The predicted molar refractivity (Wildman–Crippen MR) is 138 cm³/mol. The van der Waals surface area contributed by atoms with Gasteiger partial charge in [0.2, 0.25) is 12.7 Å². The van der Waals surface area contributed by atoms with Crippen molar-refractivity contribution in [3.8, 4) is 28.6 Å². The number of hydrogen-bond donors (Lipinski definition) is 1. The number of Topliss-reactive ketones (excluding diaryl/α,β-unsaturated/α-hetero) is 1. The molecule has 0 atom stereocenters. The van der Waals surface area contributed by atoms with Gasteiger partial charge in [-0.05, 0) is 54.6 Å². The number of thioether (sulfide) groups is 1. The summed E-state index contributed by atoms with van der Waals surface area (Å²) in [4.78, 5) is 24.8. The predicted octanol–water partition coefficient (Wildman–Crippen LogP) is 5.23. The number of amides is 1. The lowest BCUT2D eigenvalue weighted by Crippen LogP contribution is -2.17. The molecule has 2 heterocycles. The highest BCUT2D eigenvalue weighted by Crippen LogP contribution is 2.37. The second kappa shape index (κ2) is 10.2. The first-order chi connectivity index (χ1) is 17.5. The molecule has 4 aromatic rings. The third-order valence-corrected chi connectivity index (χ3v) is 6.54. The Morgan fingerprint density at radius 3 is 2.47 bits per heavy atom. The minimum atomic E-state index is -0.118. The van der Waals surface area contributed by atoms with E-state index in [1.54, 1.807) is 24.3 Å². The lowest BCUT2D eigenvalue weighted by atomic mass is 10.1. The summed E-state index contributed by atoms with van der Waals surface area (Å²) >= 11 is 1.32. The van der Waals surface area contributed by atoms with E-state index in [0.29, 0.717) is 33.7 Å². The van der Waals surface area contributed by atoms with Crippen molar-refractivity contribution in [2.45, 2.75) is 19.0 Å². The summed E-state index contributed by atoms with van der Waals surface area (Å²) in [5.41, 5.74) is 2.94. The van der Waals surface area contributed by atoms with Gasteiger partial charge in [0.05, 0.1) is 5.75 Å². The van der Waals surface area contributed by atoms with Crippen molar-refractivity contribution in [1.29, 1.82) is 0 Å². The Balaban J connectivity index is 1.36. The maximum atomic E-state index is 12.9. The largest absolute Gasteiger partial charge is 0.454 e. The molecule has 9 heteroatoms. The number of benzene rings is 3. The van der Waals surface area contributed by atoms with Gasteiger partial charge < -0.3 is 14.8 Å². The van der Waals surface area contributed by atoms with Crippen LogP contribution in [0.25, 0.3) is 17.1 Å². The molecule has 0 unspecified atom stereocenters. The van der Waals surface area contributed by atoms with Crippen molar-refractivity contribution >= 4 is 29.1 Å². The number of fused-ring (bicyclic) bond motifs is 1. The molecule has 0 saturated heterocycles. The van der Waals surface area contributed by atoms with Gasteiger partial charge in [0.1, 0.15) is 0 Å². The van der Waals surface area contributed by atoms with Crippen LogP contribution < -0.4 is 14.8 Å².